The van der Waals surface area contributed by atoms with Gasteiger partial charge in [0.05, 0.1) is 0 Å². The van der Waals surface area contributed by atoms with Gasteiger partial charge in [-0.2, -0.15) is 12.7 Å². The van der Waals surface area contributed by atoms with Gasteiger partial charge in [0, 0.05) is 24.8 Å². The van der Waals surface area contributed by atoms with Crippen molar-refractivity contribution >= 4 is 15.9 Å². The number of hydrogen-bond acceptors (Lipinski definition) is 3. The maximum Gasteiger partial charge on any atom is 0.301 e. The number of hydrogen-bond donors (Lipinski definition) is 2. The quantitative estimate of drug-likeness (QED) is 0.827. The number of benzene rings is 1. The van der Waals surface area contributed by atoms with E-state index in [4.69, 9.17) is 5.73 Å². The van der Waals surface area contributed by atoms with Crippen LogP contribution in [-0.4, -0.2) is 25.8 Å². The highest BCUT2D eigenvalue weighted by Crippen LogP contribution is 2.16. The maximum atomic E-state index is 12.0. The third-order valence-electron chi connectivity index (χ3n) is 2.73. The van der Waals surface area contributed by atoms with Crippen molar-refractivity contribution < 1.29 is 8.42 Å². The predicted octanol–water partition coefficient (Wildman–Crippen LogP) is 1.70. The van der Waals surface area contributed by atoms with Crippen LogP contribution in [0.5, 0.6) is 0 Å². The molecule has 0 aliphatic heterocycles. The Morgan fingerprint density at radius 3 is 2.11 bits per heavy atom. The first-order valence-corrected chi connectivity index (χ1v) is 7.48. The van der Waals surface area contributed by atoms with Crippen LogP contribution in [0.4, 0.5) is 5.69 Å². The molecule has 0 aliphatic rings. The zero-order chi connectivity index (χ0) is 13.8. The lowest BCUT2D eigenvalue weighted by atomic mass is 10.1. The van der Waals surface area contributed by atoms with Crippen LogP contribution >= 0.6 is 0 Å². The smallest absolute Gasteiger partial charge is 0.301 e. The van der Waals surface area contributed by atoms with E-state index in [1.807, 2.05) is 32.9 Å². The van der Waals surface area contributed by atoms with Gasteiger partial charge in [-0.15, -0.1) is 0 Å². The Kier molecular flexibility index (Phi) is 5.13. The minimum absolute atomic E-state index is 0.0570. The van der Waals surface area contributed by atoms with Gasteiger partial charge in [-0.05, 0) is 24.6 Å². The predicted molar refractivity (Wildman–Crippen MR) is 74.5 cm³/mol. The lowest BCUT2D eigenvalue weighted by molar-refractivity contribution is 0.449. The fourth-order valence-corrected chi connectivity index (χ4v) is 2.87. The summed E-state index contributed by atoms with van der Waals surface area (Å²) in [6, 6.07) is 7.04. The number of rotatable bonds is 6. The monoisotopic (exact) mass is 271 g/mol. The minimum Gasteiger partial charge on any atom is -0.324 e. The van der Waals surface area contributed by atoms with E-state index in [0.717, 1.165) is 5.56 Å². The van der Waals surface area contributed by atoms with Crippen molar-refractivity contribution in [1.29, 1.82) is 0 Å². The molecule has 3 N–H and O–H groups in total. The van der Waals surface area contributed by atoms with Crippen molar-refractivity contribution in [2.24, 2.45) is 5.73 Å². The van der Waals surface area contributed by atoms with Crippen molar-refractivity contribution in [2.45, 2.75) is 26.8 Å². The first kappa shape index (κ1) is 14.9. The zero-order valence-electron chi connectivity index (χ0n) is 11.1. The fourth-order valence-electron chi connectivity index (χ4n) is 1.63. The molecule has 1 unspecified atom stereocenters. The molecule has 0 fully saturated rings. The molecular formula is C12H21N3O2S. The standard InChI is InChI=1S/C12H21N3O2S/c1-4-15(5-2)18(16,17)14-12-8-6-11(7-9-12)10(3)13/h6-10,14H,4-5,13H2,1-3H3. The molecule has 5 nitrogen and oxygen atoms in total. The third-order valence-corrected chi connectivity index (χ3v) is 4.42. The number of nitrogens with one attached hydrogen (secondary N) is 1. The second kappa shape index (κ2) is 6.17. The Hall–Kier alpha value is -1.11. The van der Waals surface area contributed by atoms with Crippen molar-refractivity contribution in [1.82, 2.24) is 4.31 Å². The summed E-state index contributed by atoms with van der Waals surface area (Å²) in [7, 11) is -3.46. The van der Waals surface area contributed by atoms with Gasteiger partial charge in [-0.1, -0.05) is 26.0 Å². The van der Waals surface area contributed by atoms with Gasteiger partial charge in [0.25, 0.3) is 0 Å². The van der Waals surface area contributed by atoms with E-state index in [9.17, 15) is 8.42 Å². The summed E-state index contributed by atoms with van der Waals surface area (Å²) in [6.07, 6.45) is 0. The summed E-state index contributed by atoms with van der Waals surface area (Å²) in [5, 5.41) is 0. The molecule has 0 bridgehead atoms. The molecule has 1 aromatic rings. The lowest BCUT2D eigenvalue weighted by Gasteiger charge is -2.19. The summed E-state index contributed by atoms with van der Waals surface area (Å²) in [6.45, 7) is 6.40. The number of nitrogens with two attached hydrogens (primary N) is 1. The van der Waals surface area contributed by atoms with E-state index in [1.165, 1.54) is 4.31 Å². The Labute approximate surface area is 109 Å². The summed E-state index contributed by atoms with van der Waals surface area (Å²) in [4.78, 5) is 0. The number of nitrogens with zero attached hydrogens (tertiary/aromatic N) is 1. The Bertz CT molecular complexity index is 465. The van der Waals surface area contributed by atoms with Crippen LogP contribution in [0.15, 0.2) is 24.3 Å². The molecular weight excluding hydrogens is 250 g/mol. The molecule has 0 heterocycles. The van der Waals surface area contributed by atoms with Crippen LogP contribution in [0.25, 0.3) is 0 Å². The van der Waals surface area contributed by atoms with Gasteiger partial charge >= 0.3 is 10.2 Å². The van der Waals surface area contributed by atoms with E-state index in [1.54, 1.807) is 12.1 Å². The van der Waals surface area contributed by atoms with Crippen molar-refractivity contribution in [3.8, 4) is 0 Å². The van der Waals surface area contributed by atoms with Crippen LogP contribution in [0, 0.1) is 0 Å². The third kappa shape index (κ3) is 3.69. The molecule has 0 aliphatic carbocycles. The summed E-state index contributed by atoms with van der Waals surface area (Å²) < 4.78 is 27.9. The molecule has 0 aromatic heterocycles. The average Bonchev–Trinajstić information content (AvgIpc) is 2.30. The minimum atomic E-state index is -3.46. The van der Waals surface area contributed by atoms with Crippen LogP contribution in [-0.2, 0) is 10.2 Å². The topological polar surface area (TPSA) is 75.4 Å². The van der Waals surface area contributed by atoms with Gasteiger partial charge in [0.15, 0.2) is 0 Å². The highest BCUT2D eigenvalue weighted by molar-refractivity contribution is 7.90. The van der Waals surface area contributed by atoms with Gasteiger partial charge in [-0.25, -0.2) is 0 Å². The van der Waals surface area contributed by atoms with Gasteiger partial charge in [-0.3, -0.25) is 4.72 Å². The first-order valence-electron chi connectivity index (χ1n) is 6.04. The van der Waals surface area contributed by atoms with Crippen molar-refractivity contribution in [2.75, 3.05) is 17.8 Å². The SMILES string of the molecule is CCN(CC)S(=O)(=O)Nc1ccc(C(C)N)cc1. The normalized spacial score (nSPS) is 13.6. The molecule has 0 radical (unpaired) electrons. The molecule has 0 spiro atoms. The van der Waals surface area contributed by atoms with Gasteiger partial charge in [0.2, 0.25) is 0 Å². The summed E-state index contributed by atoms with van der Waals surface area (Å²) >= 11 is 0. The lowest BCUT2D eigenvalue weighted by Crippen LogP contribution is -2.35. The van der Waals surface area contributed by atoms with E-state index < -0.39 is 10.2 Å². The van der Waals surface area contributed by atoms with Gasteiger partial charge < -0.3 is 5.73 Å². The van der Waals surface area contributed by atoms with Crippen LogP contribution in [0.1, 0.15) is 32.4 Å². The molecule has 1 atom stereocenters. The van der Waals surface area contributed by atoms with E-state index in [2.05, 4.69) is 4.72 Å². The van der Waals surface area contributed by atoms with E-state index in [-0.39, 0.29) is 6.04 Å². The van der Waals surface area contributed by atoms with E-state index in [0.29, 0.717) is 18.8 Å². The van der Waals surface area contributed by atoms with Crippen molar-refractivity contribution in [3.05, 3.63) is 29.8 Å². The molecule has 0 amide bonds. The zero-order valence-corrected chi connectivity index (χ0v) is 11.9. The maximum absolute atomic E-state index is 12.0. The summed E-state index contributed by atoms with van der Waals surface area (Å²) in [5.74, 6) is 0. The molecule has 0 saturated carbocycles. The second-order valence-corrected chi connectivity index (χ2v) is 5.77. The summed E-state index contributed by atoms with van der Waals surface area (Å²) in [5.41, 5.74) is 7.26. The van der Waals surface area contributed by atoms with Crippen LogP contribution in [0.3, 0.4) is 0 Å². The average molecular weight is 271 g/mol. The molecule has 18 heavy (non-hydrogen) atoms. The molecule has 1 aromatic carbocycles. The highest BCUT2D eigenvalue weighted by Gasteiger charge is 2.18. The molecule has 6 heteroatoms. The van der Waals surface area contributed by atoms with Crippen LogP contribution in [0.2, 0.25) is 0 Å². The van der Waals surface area contributed by atoms with E-state index >= 15 is 0 Å². The largest absolute Gasteiger partial charge is 0.324 e. The Morgan fingerprint density at radius 1 is 1.22 bits per heavy atom. The Balaban J connectivity index is 2.84. The first-order chi connectivity index (χ1) is 8.40. The Morgan fingerprint density at radius 2 is 1.72 bits per heavy atom. The molecule has 1 rings (SSSR count). The number of anilines is 1. The molecule has 102 valence electrons. The molecule has 0 saturated heterocycles. The second-order valence-electron chi connectivity index (χ2n) is 4.10. The fraction of sp³-hybridized carbons (Fsp3) is 0.500. The van der Waals surface area contributed by atoms with Gasteiger partial charge in [0.1, 0.15) is 0 Å². The van der Waals surface area contributed by atoms with Crippen LogP contribution < -0.4 is 10.5 Å². The van der Waals surface area contributed by atoms with Crippen molar-refractivity contribution in [3.63, 3.8) is 0 Å². The highest BCUT2D eigenvalue weighted by atomic mass is 32.2.